The lowest BCUT2D eigenvalue weighted by Crippen LogP contribution is -2.20. The van der Waals surface area contributed by atoms with E-state index in [2.05, 4.69) is 0 Å². The van der Waals surface area contributed by atoms with Crippen molar-refractivity contribution in [2.24, 2.45) is 0 Å². The van der Waals surface area contributed by atoms with Crippen LogP contribution in [0.2, 0.25) is 10.0 Å². The Hall–Kier alpha value is -0.610. The van der Waals surface area contributed by atoms with Crippen molar-refractivity contribution in [1.29, 1.82) is 0 Å². The summed E-state index contributed by atoms with van der Waals surface area (Å²) in [5.74, 6) is -0.189. The minimum atomic E-state index is -0.189. The predicted octanol–water partition coefficient (Wildman–Crippen LogP) is 3.62. The number of hydrogen-bond donors (Lipinski definition) is 0. The SMILES string of the molecule is CCOCC(C)OCC(=O)c1cc(Cl)ccc1Cl. The zero-order chi connectivity index (χ0) is 13.5. The molecule has 5 heteroatoms. The van der Waals surface area contributed by atoms with Gasteiger partial charge in [0, 0.05) is 17.2 Å². The van der Waals surface area contributed by atoms with Crippen molar-refractivity contribution in [3.8, 4) is 0 Å². The predicted molar refractivity (Wildman–Crippen MR) is 72.7 cm³/mol. The highest BCUT2D eigenvalue weighted by Crippen LogP contribution is 2.21. The van der Waals surface area contributed by atoms with Crippen molar-refractivity contribution in [3.05, 3.63) is 33.8 Å². The molecule has 1 rings (SSSR count). The van der Waals surface area contributed by atoms with Crippen LogP contribution in [0.1, 0.15) is 24.2 Å². The zero-order valence-electron chi connectivity index (χ0n) is 10.4. The molecule has 100 valence electrons. The van der Waals surface area contributed by atoms with Gasteiger partial charge in [-0.2, -0.15) is 0 Å². The first-order valence-corrected chi connectivity index (χ1v) is 6.47. The molecule has 0 saturated carbocycles. The molecular formula is C13H16Cl2O3. The molecule has 0 radical (unpaired) electrons. The van der Waals surface area contributed by atoms with E-state index in [9.17, 15) is 4.79 Å². The van der Waals surface area contributed by atoms with E-state index in [1.54, 1.807) is 18.2 Å². The van der Waals surface area contributed by atoms with Gasteiger partial charge in [0.2, 0.25) is 0 Å². The number of Topliss-reactive ketones (excluding diaryl/α,β-unsaturated/α-hetero) is 1. The summed E-state index contributed by atoms with van der Waals surface area (Å²) in [7, 11) is 0. The quantitative estimate of drug-likeness (QED) is 0.720. The fourth-order valence-electron chi connectivity index (χ4n) is 1.34. The highest BCUT2D eigenvalue weighted by Gasteiger charge is 2.13. The molecule has 0 aliphatic carbocycles. The number of benzene rings is 1. The molecule has 0 bridgehead atoms. The van der Waals surface area contributed by atoms with Crippen LogP contribution < -0.4 is 0 Å². The standard InChI is InChI=1S/C13H16Cl2O3/c1-3-17-7-9(2)18-8-13(16)11-6-10(14)4-5-12(11)15/h4-6,9H,3,7-8H2,1-2H3. The molecule has 0 aliphatic rings. The van der Waals surface area contributed by atoms with Gasteiger partial charge in [0.05, 0.1) is 17.7 Å². The van der Waals surface area contributed by atoms with Crippen molar-refractivity contribution in [2.75, 3.05) is 19.8 Å². The van der Waals surface area contributed by atoms with Crippen LogP contribution in [0.15, 0.2) is 18.2 Å². The number of halogens is 2. The van der Waals surface area contributed by atoms with E-state index in [1.165, 1.54) is 0 Å². The fourth-order valence-corrected chi connectivity index (χ4v) is 1.73. The first-order valence-electron chi connectivity index (χ1n) is 5.72. The fraction of sp³-hybridized carbons (Fsp3) is 0.462. The summed E-state index contributed by atoms with van der Waals surface area (Å²) in [6, 6.07) is 4.78. The number of hydrogen-bond acceptors (Lipinski definition) is 3. The molecule has 0 aliphatic heterocycles. The number of carbonyl (C=O) groups is 1. The minimum Gasteiger partial charge on any atom is -0.379 e. The Bertz CT molecular complexity index is 407. The highest BCUT2D eigenvalue weighted by atomic mass is 35.5. The van der Waals surface area contributed by atoms with Gasteiger partial charge in [0.1, 0.15) is 6.61 Å². The van der Waals surface area contributed by atoms with E-state index < -0.39 is 0 Å². The van der Waals surface area contributed by atoms with Gasteiger partial charge < -0.3 is 9.47 Å². The molecule has 18 heavy (non-hydrogen) atoms. The number of ether oxygens (including phenoxy) is 2. The average molecular weight is 291 g/mol. The molecular weight excluding hydrogens is 275 g/mol. The van der Waals surface area contributed by atoms with Gasteiger partial charge in [0.15, 0.2) is 5.78 Å². The summed E-state index contributed by atoms with van der Waals surface area (Å²) in [6.07, 6.45) is -0.133. The molecule has 0 aromatic heterocycles. The van der Waals surface area contributed by atoms with Crippen LogP contribution >= 0.6 is 23.2 Å². The normalized spacial score (nSPS) is 12.4. The molecule has 0 fully saturated rings. The summed E-state index contributed by atoms with van der Waals surface area (Å²) in [5, 5.41) is 0.857. The molecule has 0 spiro atoms. The Morgan fingerprint density at radius 2 is 2.11 bits per heavy atom. The van der Waals surface area contributed by atoms with Gasteiger partial charge >= 0.3 is 0 Å². The van der Waals surface area contributed by atoms with E-state index in [4.69, 9.17) is 32.7 Å². The topological polar surface area (TPSA) is 35.5 Å². The van der Waals surface area contributed by atoms with Crippen LogP contribution in [0.5, 0.6) is 0 Å². The first-order chi connectivity index (χ1) is 8.54. The largest absolute Gasteiger partial charge is 0.379 e. The van der Waals surface area contributed by atoms with Crippen molar-refractivity contribution in [3.63, 3.8) is 0 Å². The Labute approximate surface area is 117 Å². The highest BCUT2D eigenvalue weighted by molar-refractivity contribution is 6.35. The Balaban J connectivity index is 2.52. The molecule has 1 aromatic rings. The third-order valence-electron chi connectivity index (χ3n) is 2.28. The van der Waals surface area contributed by atoms with E-state index >= 15 is 0 Å². The van der Waals surface area contributed by atoms with Gasteiger partial charge in [-0.15, -0.1) is 0 Å². The van der Waals surface area contributed by atoms with Gasteiger partial charge in [-0.05, 0) is 32.0 Å². The van der Waals surface area contributed by atoms with Crippen LogP contribution in [-0.4, -0.2) is 31.7 Å². The molecule has 0 amide bonds. The van der Waals surface area contributed by atoms with Gasteiger partial charge in [0.25, 0.3) is 0 Å². The van der Waals surface area contributed by atoms with Crippen molar-refractivity contribution >= 4 is 29.0 Å². The van der Waals surface area contributed by atoms with Crippen molar-refractivity contribution in [2.45, 2.75) is 20.0 Å². The van der Waals surface area contributed by atoms with E-state index in [1.807, 2.05) is 13.8 Å². The third-order valence-corrected chi connectivity index (χ3v) is 2.85. The van der Waals surface area contributed by atoms with Crippen molar-refractivity contribution < 1.29 is 14.3 Å². The second-order valence-electron chi connectivity index (χ2n) is 3.83. The monoisotopic (exact) mass is 290 g/mol. The Morgan fingerprint density at radius 1 is 1.39 bits per heavy atom. The Kier molecular flexibility index (Phi) is 6.65. The van der Waals surface area contributed by atoms with Gasteiger partial charge in [-0.1, -0.05) is 23.2 Å². The molecule has 0 heterocycles. The molecule has 0 saturated heterocycles. The minimum absolute atomic E-state index is 0.0334. The lowest BCUT2D eigenvalue weighted by atomic mass is 10.1. The molecule has 1 unspecified atom stereocenters. The molecule has 3 nitrogen and oxygen atoms in total. The van der Waals surface area contributed by atoms with Gasteiger partial charge in [-0.25, -0.2) is 0 Å². The van der Waals surface area contributed by atoms with Crippen molar-refractivity contribution in [1.82, 2.24) is 0 Å². The zero-order valence-corrected chi connectivity index (χ0v) is 11.9. The van der Waals surface area contributed by atoms with E-state index in [0.717, 1.165) is 0 Å². The van der Waals surface area contributed by atoms with Crippen LogP contribution in [0.25, 0.3) is 0 Å². The maximum absolute atomic E-state index is 11.9. The number of rotatable bonds is 7. The van der Waals surface area contributed by atoms with Crippen LogP contribution in [0.3, 0.4) is 0 Å². The molecule has 0 N–H and O–H groups in total. The number of ketones is 1. The third kappa shape index (κ3) is 4.94. The van der Waals surface area contributed by atoms with E-state index in [-0.39, 0.29) is 18.5 Å². The second kappa shape index (κ2) is 7.74. The Morgan fingerprint density at radius 3 is 2.78 bits per heavy atom. The molecule has 1 aromatic carbocycles. The summed E-state index contributed by atoms with van der Waals surface area (Å²) < 4.78 is 10.6. The van der Waals surface area contributed by atoms with Crippen LogP contribution in [0, 0.1) is 0 Å². The lowest BCUT2D eigenvalue weighted by molar-refractivity contribution is 0.00116. The first kappa shape index (κ1) is 15.4. The maximum atomic E-state index is 11.9. The average Bonchev–Trinajstić information content (AvgIpc) is 2.36. The van der Waals surface area contributed by atoms with Gasteiger partial charge in [-0.3, -0.25) is 4.79 Å². The smallest absolute Gasteiger partial charge is 0.190 e. The summed E-state index contributed by atoms with van der Waals surface area (Å²) in [6.45, 7) is 4.81. The van der Waals surface area contributed by atoms with Crippen LogP contribution in [0.4, 0.5) is 0 Å². The second-order valence-corrected chi connectivity index (χ2v) is 4.67. The summed E-state index contributed by atoms with van der Waals surface area (Å²) in [5.41, 5.74) is 0.382. The molecule has 1 atom stereocenters. The van der Waals surface area contributed by atoms with E-state index in [0.29, 0.717) is 28.8 Å². The maximum Gasteiger partial charge on any atom is 0.190 e. The summed E-state index contributed by atoms with van der Waals surface area (Å²) >= 11 is 11.8. The van der Waals surface area contributed by atoms with Crippen LogP contribution in [-0.2, 0) is 9.47 Å². The lowest BCUT2D eigenvalue weighted by Gasteiger charge is -2.12. The number of carbonyl (C=O) groups excluding carboxylic acids is 1. The summed E-state index contributed by atoms with van der Waals surface area (Å²) in [4.78, 5) is 11.9.